The molecule has 1 aliphatic rings. The number of aromatic amines is 1. The fourth-order valence-corrected chi connectivity index (χ4v) is 6.26. The first-order chi connectivity index (χ1) is 11.8. The highest BCUT2D eigenvalue weighted by Gasteiger charge is 2.33. The van der Waals surface area contributed by atoms with E-state index in [0.717, 1.165) is 0 Å². The molecule has 0 saturated carbocycles. The van der Waals surface area contributed by atoms with Crippen molar-refractivity contribution in [1.29, 1.82) is 0 Å². The van der Waals surface area contributed by atoms with Crippen LogP contribution in [-0.2, 0) is 4.08 Å². The summed E-state index contributed by atoms with van der Waals surface area (Å²) in [6, 6.07) is 17.5. The van der Waals surface area contributed by atoms with E-state index in [2.05, 4.69) is 102 Å². The van der Waals surface area contributed by atoms with E-state index in [9.17, 15) is 0 Å². The van der Waals surface area contributed by atoms with Crippen LogP contribution in [0.3, 0.4) is 0 Å². The van der Waals surface area contributed by atoms with Crippen molar-refractivity contribution in [3.63, 3.8) is 0 Å². The zero-order valence-corrected chi connectivity index (χ0v) is 15.4. The molecule has 0 aliphatic carbocycles. The Bertz CT molecular complexity index is 855. The van der Waals surface area contributed by atoms with E-state index < -0.39 is 0 Å². The van der Waals surface area contributed by atoms with Crippen LogP contribution < -0.4 is 0 Å². The maximum Gasteiger partial charge on any atom is 0.105 e. The number of hydrogen-bond acceptors (Lipinski definition) is 2. The third kappa shape index (κ3) is 3.03. The third-order valence-electron chi connectivity index (χ3n) is 4.48. The number of hydrogen-bond donors (Lipinski definition) is 1. The Balaban J connectivity index is 1.73. The average Bonchev–Trinajstić information content (AvgIpc) is 3.05. The highest BCUT2D eigenvalue weighted by molar-refractivity contribution is 8.18. The molecule has 3 heteroatoms. The lowest BCUT2D eigenvalue weighted by Gasteiger charge is -2.34. The van der Waals surface area contributed by atoms with Gasteiger partial charge in [-0.3, -0.25) is 0 Å². The number of nitrogens with one attached hydrogen (secondary N) is 1. The molecule has 0 unspecified atom stereocenters. The molecule has 1 fully saturated rings. The summed E-state index contributed by atoms with van der Waals surface area (Å²) in [6.45, 7) is 2.15. The summed E-state index contributed by atoms with van der Waals surface area (Å²) in [4.78, 5) is 3.37. The lowest BCUT2D eigenvalue weighted by Crippen LogP contribution is -2.20. The van der Waals surface area contributed by atoms with E-state index in [1.54, 1.807) is 0 Å². The molecule has 0 atom stereocenters. The van der Waals surface area contributed by atoms with Gasteiger partial charge < -0.3 is 4.98 Å². The standard InChI is InChI=1S/C21H21NS2/c1-16-7-9-18(10-8-16)21(23-13-4-14-24-21)12-11-17-15-22-20-6-3-2-5-19(17)20/h2-3,5-12,15,22H,4,13-14H2,1H3/b12-11+. The first-order valence-electron chi connectivity index (χ1n) is 8.37. The van der Waals surface area contributed by atoms with Crippen molar-refractivity contribution in [2.75, 3.05) is 11.5 Å². The molecule has 1 aliphatic heterocycles. The molecule has 24 heavy (non-hydrogen) atoms. The van der Waals surface area contributed by atoms with Gasteiger partial charge in [-0.05, 0) is 42.0 Å². The maximum absolute atomic E-state index is 3.37. The molecule has 122 valence electrons. The Kier molecular flexibility index (Phi) is 4.47. The summed E-state index contributed by atoms with van der Waals surface area (Å²) in [5, 5.41) is 1.29. The Morgan fingerprint density at radius 3 is 2.54 bits per heavy atom. The first-order valence-corrected chi connectivity index (χ1v) is 10.3. The molecule has 1 saturated heterocycles. The van der Waals surface area contributed by atoms with Gasteiger partial charge >= 0.3 is 0 Å². The predicted molar refractivity (Wildman–Crippen MR) is 110 cm³/mol. The molecule has 2 aromatic carbocycles. The molecule has 4 rings (SSSR count). The molecule has 0 radical (unpaired) electrons. The largest absolute Gasteiger partial charge is 0.361 e. The molecular formula is C21H21NS2. The number of fused-ring (bicyclic) bond motifs is 1. The number of para-hydroxylation sites is 1. The van der Waals surface area contributed by atoms with Gasteiger partial charge in [0.15, 0.2) is 0 Å². The Morgan fingerprint density at radius 2 is 1.75 bits per heavy atom. The zero-order valence-electron chi connectivity index (χ0n) is 13.8. The molecule has 0 amide bonds. The van der Waals surface area contributed by atoms with Gasteiger partial charge in [0, 0.05) is 17.1 Å². The molecule has 1 aromatic heterocycles. The monoisotopic (exact) mass is 351 g/mol. The lowest BCUT2D eigenvalue weighted by molar-refractivity contribution is 1.04. The third-order valence-corrected chi connectivity index (χ3v) is 7.77. The van der Waals surface area contributed by atoms with Gasteiger partial charge in [0.2, 0.25) is 0 Å². The molecule has 3 aromatic rings. The summed E-state index contributed by atoms with van der Waals surface area (Å²) in [6.07, 6.45) is 8.11. The van der Waals surface area contributed by atoms with Crippen molar-refractivity contribution in [1.82, 2.24) is 4.98 Å². The average molecular weight is 352 g/mol. The smallest absolute Gasteiger partial charge is 0.105 e. The summed E-state index contributed by atoms with van der Waals surface area (Å²) < 4.78 is 0.0321. The van der Waals surface area contributed by atoms with Gasteiger partial charge in [-0.15, -0.1) is 23.5 Å². The summed E-state index contributed by atoms with van der Waals surface area (Å²) in [7, 11) is 0. The Morgan fingerprint density at radius 1 is 1.00 bits per heavy atom. The van der Waals surface area contributed by atoms with E-state index in [4.69, 9.17) is 0 Å². The molecule has 2 heterocycles. The quantitative estimate of drug-likeness (QED) is 0.603. The normalized spacial score (nSPS) is 17.5. The fourth-order valence-electron chi connectivity index (χ4n) is 3.12. The van der Waals surface area contributed by atoms with E-state index in [1.165, 1.54) is 45.5 Å². The van der Waals surface area contributed by atoms with E-state index in [-0.39, 0.29) is 4.08 Å². The highest BCUT2D eigenvalue weighted by Crippen LogP contribution is 2.51. The van der Waals surface area contributed by atoms with E-state index in [1.807, 2.05) is 0 Å². The van der Waals surface area contributed by atoms with Crippen LogP contribution in [0.4, 0.5) is 0 Å². The van der Waals surface area contributed by atoms with Crippen molar-refractivity contribution < 1.29 is 0 Å². The van der Waals surface area contributed by atoms with Crippen LogP contribution in [0.2, 0.25) is 0 Å². The number of aryl methyl sites for hydroxylation is 1. The first kappa shape index (κ1) is 15.9. The van der Waals surface area contributed by atoms with Crippen molar-refractivity contribution in [3.8, 4) is 0 Å². The van der Waals surface area contributed by atoms with Gasteiger partial charge in [-0.1, -0.05) is 60.2 Å². The van der Waals surface area contributed by atoms with Crippen LogP contribution in [0.5, 0.6) is 0 Å². The number of benzene rings is 2. The van der Waals surface area contributed by atoms with Crippen LogP contribution in [0.25, 0.3) is 17.0 Å². The number of aromatic nitrogens is 1. The van der Waals surface area contributed by atoms with Crippen LogP contribution in [0.1, 0.15) is 23.1 Å². The maximum atomic E-state index is 3.37. The number of thioether (sulfide) groups is 2. The summed E-state index contributed by atoms with van der Waals surface area (Å²) in [5.74, 6) is 2.44. The second-order valence-electron chi connectivity index (χ2n) is 6.21. The summed E-state index contributed by atoms with van der Waals surface area (Å²) in [5.41, 5.74) is 5.19. The van der Waals surface area contributed by atoms with E-state index in [0.29, 0.717) is 0 Å². The van der Waals surface area contributed by atoms with Gasteiger partial charge in [0.25, 0.3) is 0 Å². The van der Waals surface area contributed by atoms with Crippen LogP contribution in [0.15, 0.2) is 60.8 Å². The van der Waals surface area contributed by atoms with Crippen molar-refractivity contribution >= 4 is 40.5 Å². The fraction of sp³-hybridized carbons (Fsp3) is 0.238. The number of rotatable bonds is 3. The zero-order chi connectivity index (χ0) is 16.4. The molecule has 1 nitrogen and oxygen atoms in total. The van der Waals surface area contributed by atoms with Crippen molar-refractivity contribution in [3.05, 3.63) is 77.5 Å². The lowest BCUT2D eigenvalue weighted by atomic mass is 10.1. The van der Waals surface area contributed by atoms with Gasteiger partial charge in [-0.25, -0.2) is 0 Å². The Hall–Kier alpha value is -1.58. The Labute approximate surface area is 151 Å². The van der Waals surface area contributed by atoms with Gasteiger partial charge in [0.05, 0.1) is 0 Å². The topological polar surface area (TPSA) is 15.8 Å². The second kappa shape index (κ2) is 6.73. The van der Waals surface area contributed by atoms with Crippen LogP contribution >= 0.6 is 23.5 Å². The minimum absolute atomic E-state index is 0.0321. The molecule has 0 bridgehead atoms. The van der Waals surface area contributed by atoms with Crippen LogP contribution in [-0.4, -0.2) is 16.5 Å². The van der Waals surface area contributed by atoms with Gasteiger partial charge in [0.1, 0.15) is 4.08 Å². The minimum Gasteiger partial charge on any atom is -0.361 e. The van der Waals surface area contributed by atoms with Crippen molar-refractivity contribution in [2.24, 2.45) is 0 Å². The molecule has 0 spiro atoms. The summed E-state index contributed by atoms with van der Waals surface area (Å²) >= 11 is 4.13. The predicted octanol–water partition coefficient (Wildman–Crippen LogP) is 6.21. The van der Waals surface area contributed by atoms with E-state index >= 15 is 0 Å². The SMILES string of the molecule is Cc1ccc(C2(/C=C/c3c[nH]c4ccccc34)SCCCS2)cc1. The number of H-pyrrole nitrogens is 1. The van der Waals surface area contributed by atoms with Crippen molar-refractivity contribution in [2.45, 2.75) is 17.4 Å². The molecule has 1 N–H and O–H groups in total. The minimum atomic E-state index is 0.0321. The molecular weight excluding hydrogens is 330 g/mol. The second-order valence-corrected chi connectivity index (χ2v) is 9.15. The van der Waals surface area contributed by atoms with Crippen LogP contribution in [0, 0.1) is 6.92 Å². The van der Waals surface area contributed by atoms with Gasteiger partial charge in [-0.2, -0.15) is 0 Å². The highest BCUT2D eigenvalue weighted by atomic mass is 32.2.